The number of amides is 1. The van der Waals surface area contributed by atoms with Gasteiger partial charge in [0.05, 0.1) is 0 Å². The number of rotatable bonds is 6. The first-order valence-corrected chi connectivity index (χ1v) is 9.96. The van der Waals surface area contributed by atoms with E-state index in [2.05, 4.69) is 15.5 Å². The first-order chi connectivity index (χ1) is 11.8. The number of hydrogen-bond acceptors (Lipinski definition) is 6. The number of nitrogens with one attached hydrogen (secondary N) is 1. The standard InChI is InChI=1S/C17H19N3O2S2/c1-23-14-8-6-12(7-9-14)15(20-22-13-4-2-3-5-13)16(21)19-17-18-10-11-24-17/h6-11,13H,2-5H2,1H3,(H,18,19,21)/b20-15+. The van der Waals surface area contributed by atoms with Gasteiger partial charge in [0.2, 0.25) is 0 Å². The van der Waals surface area contributed by atoms with Gasteiger partial charge in [-0.05, 0) is 44.1 Å². The average molecular weight is 361 g/mol. The summed E-state index contributed by atoms with van der Waals surface area (Å²) in [6.45, 7) is 0. The van der Waals surface area contributed by atoms with Crippen LogP contribution in [0.15, 0.2) is 45.9 Å². The zero-order valence-electron chi connectivity index (χ0n) is 13.4. The number of nitrogens with zero attached hydrogens (tertiary/aromatic N) is 2. The molecule has 1 aromatic carbocycles. The van der Waals surface area contributed by atoms with Gasteiger partial charge in [-0.3, -0.25) is 10.1 Å². The van der Waals surface area contributed by atoms with Crippen LogP contribution in [0.1, 0.15) is 31.2 Å². The first-order valence-electron chi connectivity index (χ1n) is 7.85. The molecule has 0 saturated heterocycles. The molecule has 1 amide bonds. The molecule has 5 nitrogen and oxygen atoms in total. The molecule has 0 aliphatic heterocycles. The maximum absolute atomic E-state index is 12.6. The average Bonchev–Trinajstić information content (AvgIpc) is 3.29. The zero-order valence-corrected chi connectivity index (χ0v) is 15.0. The number of carbonyl (C=O) groups excluding carboxylic acids is 1. The van der Waals surface area contributed by atoms with Crippen LogP contribution >= 0.6 is 23.1 Å². The number of thioether (sulfide) groups is 1. The van der Waals surface area contributed by atoms with E-state index in [0.29, 0.717) is 5.13 Å². The van der Waals surface area contributed by atoms with Crippen molar-refractivity contribution in [3.8, 4) is 0 Å². The topological polar surface area (TPSA) is 63.6 Å². The van der Waals surface area contributed by atoms with Gasteiger partial charge in [-0.2, -0.15) is 0 Å². The summed E-state index contributed by atoms with van der Waals surface area (Å²) in [6.07, 6.45) is 8.08. The van der Waals surface area contributed by atoms with Gasteiger partial charge in [0.1, 0.15) is 6.10 Å². The van der Waals surface area contributed by atoms with E-state index in [0.717, 1.165) is 36.1 Å². The second kappa shape index (κ2) is 8.30. The van der Waals surface area contributed by atoms with Crippen molar-refractivity contribution >= 4 is 39.8 Å². The lowest BCUT2D eigenvalue weighted by molar-refractivity contribution is -0.110. The van der Waals surface area contributed by atoms with Crippen LogP contribution in [0.5, 0.6) is 0 Å². The summed E-state index contributed by atoms with van der Waals surface area (Å²) in [5.41, 5.74) is 1.02. The molecule has 126 valence electrons. The summed E-state index contributed by atoms with van der Waals surface area (Å²) >= 11 is 3.03. The SMILES string of the molecule is CSc1ccc(/C(=N\OC2CCCC2)C(=O)Nc2nccs2)cc1. The number of benzene rings is 1. The fourth-order valence-electron chi connectivity index (χ4n) is 2.54. The summed E-state index contributed by atoms with van der Waals surface area (Å²) < 4.78 is 0. The van der Waals surface area contributed by atoms with E-state index in [1.165, 1.54) is 11.3 Å². The molecule has 1 N–H and O–H groups in total. The molecule has 0 bridgehead atoms. The van der Waals surface area contributed by atoms with Crippen molar-refractivity contribution in [1.82, 2.24) is 4.98 Å². The Morgan fingerprint density at radius 2 is 2.08 bits per heavy atom. The molecule has 1 fully saturated rings. The fourth-order valence-corrected chi connectivity index (χ4v) is 3.47. The maximum atomic E-state index is 12.6. The van der Waals surface area contributed by atoms with Crippen LogP contribution in [-0.4, -0.2) is 29.0 Å². The van der Waals surface area contributed by atoms with Crippen molar-refractivity contribution in [3.05, 3.63) is 41.4 Å². The molecule has 1 aromatic heterocycles. The Kier molecular flexibility index (Phi) is 5.87. The van der Waals surface area contributed by atoms with E-state index >= 15 is 0 Å². The molecule has 2 aromatic rings. The van der Waals surface area contributed by atoms with Gasteiger partial charge < -0.3 is 4.84 Å². The molecule has 0 spiro atoms. The Labute approximate surface area is 149 Å². The third-order valence-electron chi connectivity index (χ3n) is 3.83. The van der Waals surface area contributed by atoms with Crippen LogP contribution in [0.4, 0.5) is 5.13 Å². The first kappa shape index (κ1) is 17.0. The summed E-state index contributed by atoms with van der Waals surface area (Å²) in [5, 5.41) is 9.33. The highest BCUT2D eigenvalue weighted by Crippen LogP contribution is 2.22. The van der Waals surface area contributed by atoms with E-state index in [9.17, 15) is 4.79 Å². The molecule has 0 radical (unpaired) electrons. The molecular formula is C17H19N3O2S2. The number of aromatic nitrogens is 1. The molecule has 1 heterocycles. The zero-order chi connectivity index (χ0) is 16.8. The van der Waals surface area contributed by atoms with Crippen LogP contribution in [0.3, 0.4) is 0 Å². The van der Waals surface area contributed by atoms with Crippen molar-refractivity contribution < 1.29 is 9.63 Å². The lowest BCUT2D eigenvalue weighted by Crippen LogP contribution is -2.24. The third kappa shape index (κ3) is 4.36. The molecule has 1 saturated carbocycles. The van der Waals surface area contributed by atoms with E-state index in [1.54, 1.807) is 18.0 Å². The van der Waals surface area contributed by atoms with Gasteiger partial charge in [-0.1, -0.05) is 17.3 Å². The highest BCUT2D eigenvalue weighted by atomic mass is 32.2. The quantitative estimate of drug-likeness (QED) is 0.476. The largest absolute Gasteiger partial charge is 0.392 e. The number of oxime groups is 1. The Morgan fingerprint density at radius 1 is 1.33 bits per heavy atom. The smallest absolute Gasteiger partial charge is 0.280 e. The van der Waals surface area contributed by atoms with E-state index in [4.69, 9.17) is 4.84 Å². The minimum absolute atomic E-state index is 0.109. The van der Waals surface area contributed by atoms with Gasteiger partial charge in [0, 0.05) is 22.0 Å². The molecule has 3 rings (SSSR count). The van der Waals surface area contributed by atoms with E-state index in [-0.39, 0.29) is 17.7 Å². The molecular weight excluding hydrogens is 342 g/mol. The van der Waals surface area contributed by atoms with Crippen LogP contribution in [0.25, 0.3) is 0 Å². The second-order valence-electron chi connectivity index (χ2n) is 5.47. The molecule has 24 heavy (non-hydrogen) atoms. The van der Waals surface area contributed by atoms with Crippen LogP contribution in [0.2, 0.25) is 0 Å². The Balaban J connectivity index is 1.80. The number of thiazole rings is 1. The fraction of sp³-hybridized carbons (Fsp3) is 0.353. The van der Waals surface area contributed by atoms with Crippen molar-refractivity contribution in [2.45, 2.75) is 36.7 Å². The van der Waals surface area contributed by atoms with E-state index < -0.39 is 0 Å². The minimum Gasteiger partial charge on any atom is -0.392 e. The van der Waals surface area contributed by atoms with Gasteiger partial charge in [0.25, 0.3) is 5.91 Å². The predicted molar refractivity (Wildman–Crippen MR) is 98.8 cm³/mol. The van der Waals surface area contributed by atoms with Crippen LogP contribution in [-0.2, 0) is 9.63 Å². The Morgan fingerprint density at radius 3 is 2.71 bits per heavy atom. The van der Waals surface area contributed by atoms with Crippen LogP contribution < -0.4 is 5.32 Å². The summed E-state index contributed by atoms with van der Waals surface area (Å²) in [4.78, 5) is 23.5. The highest BCUT2D eigenvalue weighted by Gasteiger charge is 2.20. The molecule has 7 heteroatoms. The third-order valence-corrected chi connectivity index (χ3v) is 5.26. The minimum atomic E-state index is -0.306. The predicted octanol–water partition coefficient (Wildman–Crippen LogP) is 4.17. The number of anilines is 1. The normalized spacial score (nSPS) is 15.5. The molecule has 0 unspecified atom stereocenters. The van der Waals surface area contributed by atoms with E-state index in [1.807, 2.05) is 35.9 Å². The second-order valence-corrected chi connectivity index (χ2v) is 7.25. The lowest BCUT2D eigenvalue weighted by atomic mass is 10.1. The monoisotopic (exact) mass is 361 g/mol. The number of hydrogen-bond donors (Lipinski definition) is 1. The van der Waals surface area contributed by atoms with Crippen molar-refractivity contribution in [1.29, 1.82) is 0 Å². The Bertz CT molecular complexity index is 693. The van der Waals surface area contributed by atoms with Crippen molar-refractivity contribution in [2.75, 3.05) is 11.6 Å². The van der Waals surface area contributed by atoms with Gasteiger partial charge in [0.15, 0.2) is 10.8 Å². The van der Waals surface area contributed by atoms with Crippen molar-refractivity contribution in [2.24, 2.45) is 5.16 Å². The molecule has 0 atom stereocenters. The lowest BCUT2D eigenvalue weighted by Gasteiger charge is -2.10. The highest BCUT2D eigenvalue weighted by molar-refractivity contribution is 7.98. The number of carbonyl (C=O) groups is 1. The van der Waals surface area contributed by atoms with Crippen LogP contribution in [0, 0.1) is 0 Å². The van der Waals surface area contributed by atoms with Gasteiger partial charge in [-0.25, -0.2) is 4.98 Å². The summed E-state index contributed by atoms with van der Waals surface area (Å²) in [7, 11) is 0. The van der Waals surface area contributed by atoms with Gasteiger partial charge in [-0.15, -0.1) is 23.1 Å². The Hall–Kier alpha value is -1.86. The summed E-state index contributed by atoms with van der Waals surface area (Å²) in [6, 6.07) is 7.73. The van der Waals surface area contributed by atoms with Crippen molar-refractivity contribution in [3.63, 3.8) is 0 Å². The summed E-state index contributed by atoms with van der Waals surface area (Å²) in [5.74, 6) is -0.306. The molecule has 1 aliphatic carbocycles. The maximum Gasteiger partial charge on any atom is 0.280 e. The van der Waals surface area contributed by atoms with Gasteiger partial charge >= 0.3 is 0 Å². The molecule has 1 aliphatic rings.